The molecule has 0 aliphatic rings. The predicted octanol–water partition coefficient (Wildman–Crippen LogP) is 1.13. The number of carbonyl (C=O) groups is 1. The van der Waals surface area contributed by atoms with Crippen molar-refractivity contribution in [1.82, 2.24) is 9.97 Å². The van der Waals surface area contributed by atoms with E-state index in [4.69, 9.17) is 10.5 Å². The molecule has 0 aliphatic carbocycles. The number of para-hydroxylation sites is 1. The number of aromatic nitrogens is 2. The molecule has 0 radical (unpaired) electrons. The zero-order valence-electron chi connectivity index (χ0n) is 8.80. The average molecular weight is 217 g/mol. The van der Waals surface area contributed by atoms with Crippen LogP contribution in [-0.4, -0.2) is 22.5 Å². The van der Waals surface area contributed by atoms with E-state index in [2.05, 4.69) is 9.97 Å². The van der Waals surface area contributed by atoms with Gasteiger partial charge in [-0.15, -0.1) is 0 Å². The topological polar surface area (TPSA) is 78.1 Å². The molecule has 5 nitrogen and oxygen atoms in total. The summed E-state index contributed by atoms with van der Waals surface area (Å²) in [4.78, 5) is 19.1. The highest BCUT2D eigenvalue weighted by atomic mass is 16.5. The fourth-order valence-electron chi connectivity index (χ4n) is 1.40. The molecule has 1 amide bonds. The predicted molar refractivity (Wildman–Crippen MR) is 59.2 cm³/mol. The van der Waals surface area contributed by atoms with E-state index in [1.165, 1.54) is 0 Å². The molecule has 0 aliphatic heterocycles. The molecule has 0 fully saturated rings. The summed E-state index contributed by atoms with van der Waals surface area (Å²) in [5, 5.41) is 0.773. The lowest BCUT2D eigenvalue weighted by molar-refractivity contribution is 0.0989. The smallest absolute Gasteiger partial charge is 0.286 e. The number of nitrogens with zero attached hydrogens (tertiary/aromatic N) is 2. The van der Waals surface area contributed by atoms with Gasteiger partial charge < -0.3 is 10.5 Å². The first-order valence-electron chi connectivity index (χ1n) is 4.91. The van der Waals surface area contributed by atoms with Gasteiger partial charge in [-0.3, -0.25) is 4.79 Å². The highest BCUT2D eigenvalue weighted by molar-refractivity contribution is 5.93. The van der Waals surface area contributed by atoms with Crippen molar-refractivity contribution in [1.29, 1.82) is 0 Å². The molecule has 1 aromatic heterocycles. The number of fused-ring (bicyclic) bond motifs is 1. The number of amides is 1. The van der Waals surface area contributed by atoms with Crippen molar-refractivity contribution in [2.24, 2.45) is 5.73 Å². The molecule has 2 rings (SSSR count). The van der Waals surface area contributed by atoms with Gasteiger partial charge in [0.05, 0.1) is 17.5 Å². The van der Waals surface area contributed by atoms with Crippen LogP contribution >= 0.6 is 0 Å². The van der Waals surface area contributed by atoms with E-state index >= 15 is 0 Å². The summed E-state index contributed by atoms with van der Waals surface area (Å²) in [6.45, 7) is 2.32. The van der Waals surface area contributed by atoms with Gasteiger partial charge in [-0.05, 0) is 19.1 Å². The Morgan fingerprint density at radius 2 is 2.12 bits per heavy atom. The summed E-state index contributed by atoms with van der Waals surface area (Å²) in [5.41, 5.74) is 5.80. The maximum Gasteiger partial charge on any atom is 0.286 e. The second-order valence-corrected chi connectivity index (χ2v) is 3.17. The molecule has 5 heteroatoms. The minimum Gasteiger partial charge on any atom is -0.477 e. The molecule has 2 aromatic rings. The monoisotopic (exact) mass is 217 g/mol. The normalized spacial score (nSPS) is 10.3. The summed E-state index contributed by atoms with van der Waals surface area (Å²) < 4.78 is 5.35. The lowest BCUT2D eigenvalue weighted by Gasteiger charge is -2.06. The van der Waals surface area contributed by atoms with Gasteiger partial charge in [0.15, 0.2) is 0 Å². The minimum absolute atomic E-state index is 0.0258. The van der Waals surface area contributed by atoms with Crippen molar-refractivity contribution in [2.75, 3.05) is 6.61 Å². The highest BCUT2D eigenvalue weighted by Crippen LogP contribution is 2.21. The summed E-state index contributed by atoms with van der Waals surface area (Å²) in [6.07, 6.45) is 0. The number of ether oxygens (including phenoxy) is 1. The Labute approximate surface area is 92.3 Å². The Bertz CT molecular complexity index is 540. The van der Waals surface area contributed by atoms with Crippen LogP contribution in [0, 0.1) is 0 Å². The van der Waals surface area contributed by atoms with Crippen LogP contribution in [-0.2, 0) is 0 Å². The molecule has 0 bridgehead atoms. The lowest BCUT2D eigenvalue weighted by Crippen LogP contribution is -2.16. The summed E-state index contributed by atoms with van der Waals surface area (Å²) in [7, 11) is 0. The Hall–Kier alpha value is -2.17. The van der Waals surface area contributed by atoms with Crippen LogP contribution in [0.1, 0.15) is 17.5 Å². The van der Waals surface area contributed by atoms with Crippen LogP contribution < -0.4 is 10.5 Å². The Kier molecular flexibility index (Phi) is 2.68. The average Bonchev–Trinajstić information content (AvgIpc) is 2.29. The first-order valence-corrected chi connectivity index (χ1v) is 4.91. The number of hydrogen-bond acceptors (Lipinski definition) is 4. The van der Waals surface area contributed by atoms with Crippen molar-refractivity contribution in [3.05, 3.63) is 30.1 Å². The number of carbonyl (C=O) groups excluding carboxylic acids is 1. The second-order valence-electron chi connectivity index (χ2n) is 3.17. The summed E-state index contributed by atoms with van der Waals surface area (Å²) in [6, 6.07) is 7.31. The van der Waals surface area contributed by atoms with Gasteiger partial charge in [-0.1, -0.05) is 12.1 Å². The van der Waals surface area contributed by atoms with Crippen molar-refractivity contribution in [2.45, 2.75) is 6.92 Å². The van der Waals surface area contributed by atoms with Gasteiger partial charge in [0.25, 0.3) is 5.91 Å². The third-order valence-electron chi connectivity index (χ3n) is 2.07. The molecule has 0 spiro atoms. The maximum absolute atomic E-state index is 11.0. The van der Waals surface area contributed by atoms with Gasteiger partial charge in [0.1, 0.15) is 0 Å². The van der Waals surface area contributed by atoms with Crippen LogP contribution in [0.25, 0.3) is 10.9 Å². The zero-order chi connectivity index (χ0) is 11.5. The fourth-order valence-corrected chi connectivity index (χ4v) is 1.40. The summed E-state index contributed by atoms with van der Waals surface area (Å²) in [5.74, 6) is -0.296. The Morgan fingerprint density at radius 3 is 2.81 bits per heavy atom. The van der Waals surface area contributed by atoms with Crippen LogP contribution in [0.15, 0.2) is 24.3 Å². The van der Waals surface area contributed by atoms with Gasteiger partial charge in [-0.25, -0.2) is 4.98 Å². The number of primary amides is 1. The van der Waals surface area contributed by atoms with Crippen molar-refractivity contribution in [3.63, 3.8) is 0 Å². The molecule has 0 saturated heterocycles. The van der Waals surface area contributed by atoms with Crippen molar-refractivity contribution < 1.29 is 9.53 Å². The van der Waals surface area contributed by atoms with Gasteiger partial charge >= 0.3 is 0 Å². The number of hydrogen-bond donors (Lipinski definition) is 1. The number of rotatable bonds is 3. The maximum atomic E-state index is 11.0. The van der Waals surface area contributed by atoms with Gasteiger partial charge in [0, 0.05) is 0 Å². The van der Waals surface area contributed by atoms with Crippen LogP contribution in [0.3, 0.4) is 0 Å². The largest absolute Gasteiger partial charge is 0.477 e. The molecule has 2 N–H and O–H groups in total. The third-order valence-corrected chi connectivity index (χ3v) is 2.07. The zero-order valence-corrected chi connectivity index (χ0v) is 8.80. The minimum atomic E-state index is -0.660. The molecule has 16 heavy (non-hydrogen) atoms. The molecular weight excluding hydrogens is 206 g/mol. The van der Waals surface area contributed by atoms with Crippen LogP contribution in [0.2, 0.25) is 0 Å². The van der Waals surface area contributed by atoms with Crippen molar-refractivity contribution >= 4 is 16.8 Å². The first kappa shape index (κ1) is 10.4. The van der Waals surface area contributed by atoms with E-state index in [9.17, 15) is 4.79 Å². The molecular formula is C11H11N3O2. The van der Waals surface area contributed by atoms with Crippen molar-refractivity contribution in [3.8, 4) is 5.88 Å². The lowest BCUT2D eigenvalue weighted by atomic mass is 10.2. The second kappa shape index (κ2) is 4.14. The van der Waals surface area contributed by atoms with E-state index in [-0.39, 0.29) is 5.82 Å². The molecule has 1 aromatic carbocycles. The number of benzene rings is 1. The number of nitrogens with two attached hydrogens (primary N) is 1. The molecule has 0 atom stereocenters. The van der Waals surface area contributed by atoms with Crippen LogP contribution in [0.5, 0.6) is 5.88 Å². The molecule has 1 heterocycles. The van der Waals surface area contributed by atoms with E-state index in [1.807, 2.05) is 25.1 Å². The molecule has 0 unspecified atom stereocenters. The van der Waals surface area contributed by atoms with E-state index in [0.29, 0.717) is 18.0 Å². The SMILES string of the molecule is CCOc1nc(C(N)=O)nc2ccccc12. The fraction of sp³-hybridized carbons (Fsp3) is 0.182. The van der Waals surface area contributed by atoms with Crippen LogP contribution in [0.4, 0.5) is 0 Å². The Morgan fingerprint density at radius 1 is 1.38 bits per heavy atom. The molecule has 0 saturated carbocycles. The first-order chi connectivity index (χ1) is 7.72. The third kappa shape index (κ3) is 1.79. The highest BCUT2D eigenvalue weighted by Gasteiger charge is 2.11. The standard InChI is InChI=1S/C11H11N3O2/c1-2-16-11-7-5-3-4-6-8(7)13-10(14-11)9(12)15/h3-6H,2H2,1H3,(H2,12,15). The van der Waals surface area contributed by atoms with Gasteiger partial charge in [-0.2, -0.15) is 4.98 Å². The van der Waals surface area contributed by atoms with E-state index in [0.717, 1.165) is 5.39 Å². The van der Waals surface area contributed by atoms with Gasteiger partial charge in [0.2, 0.25) is 11.7 Å². The summed E-state index contributed by atoms with van der Waals surface area (Å²) >= 11 is 0. The molecule has 82 valence electrons. The quantitative estimate of drug-likeness (QED) is 0.835. The Balaban J connectivity index is 2.68. The van der Waals surface area contributed by atoms with E-state index < -0.39 is 5.91 Å². The van der Waals surface area contributed by atoms with E-state index in [1.54, 1.807) is 6.07 Å².